The second-order valence-corrected chi connectivity index (χ2v) is 5.10. The second-order valence-electron chi connectivity index (χ2n) is 5.10. The molecule has 1 aromatic carbocycles. The Morgan fingerprint density at radius 1 is 1.32 bits per heavy atom. The van der Waals surface area contributed by atoms with Gasteiger partial charge in [0.05, 0.1) is 18.0 Å². The van der Waals surface area contributed by atoms with Crippen molar-refractivity contribution >= 4 is 22.1 Å². The minimum Gasteiger partial charge on any atom is -0.397 e. The molecule has 100 valence electrons. The van der Waals surface area contributed by atoms with Gasteiger partial charge in [-0.05, 0) is 31.4 Å². The Kier molecular flexibility index (Phi) is 3.25. The monoisotopic (exact) mass is 257 g/mol. The Hall–Kier alpha value is -1.81. The number of pyridine rings is 1. The van der Waals surface area contributed by atoms with Crippen LogP contribution in [-0.2, 0) is 0 Å². The number of nitrogens with zero attached hydrogens (tertiary/aromatic N) is 2. The van der Waals surface area contributed by atoms with Crippen molar-refractivity contribution in [1.29, 1.82) is 0 Å². The van der Waals surface area contributed by atoms with Gasteiger partial charge in [0.2, 0.25) is 0 Å². The quantitative estimate of drug-likeness (QED) is 0.824. The fourth-order valence-electron chi connectivity index (χ4n) is 2.74. The van der Waals surface area contributed by atoms with Crippen LogP contribution in [0, 0.1) is 0 Å². The summed E-state index contributed by atoms with van der Waals surface area (Å²) >= 11 is 0. The van der Waals surface area contributed by atoms with Gasteiger partial charge in [0.25, 0.3) is 0 Å². The van der Waals surface area contributed by atoms with Crippen molar-refractivity contribution in [2.45, 2.75) is 25.3 Å². The van der Waals surface area contributed by atoms with Gasteiger partial charge >= 0.3 is 0 Å². The van der Waals surface area contributed by atoms with Crippen molar-refractivity contribution in [3.8, 4) is 0 Å². The average molecular weight is 257 g/mol. The number of aliphatic hydroxyl groups excluding tert-OH is 1. The molecule has 3 rings (SSSR count). The molecular formula is C15H19N3O. The summed E-state index contributed by atoms with van der Waals surface area (Å²) in [6, 6.07) is 6.57. The Labute approximate surface area is 112 Å². The van der Waals surface area contributed by atoms with E-state index in [-0.39, 0.29) is 6.61 Å². The molecule has 1 fully saturated rings. The molecule has 0 bridgehead atoms. The predicted molar refractivity (Wildman–Crippen MR) is 78.2 cm³/mol. The van der Waals surface area contributed by atoms with Crippen molar-refractivity contribution in [3.63, 3.8) is 0 Å². The van der Waals surface area contributed by atoms with E-state index in [0.29, 0.717) is 12.6 Å². The summed E-state index contributed by atoms with van der Waals surface area (Å²) in [5.41, 5.74) is 8.15. The van der Waals surface area contributed by atoms with E-state index >= 15 is 0 Å². The highest BCUT2D eigenvalue weighted by molar-refractivity contribution is 5.98. The molecule has 1 aliphatic carbocycles. The number of aliphatic hydroxyl groups is 1. The number of rotatable bonds is 4. The maximum absolute atomic E-state index is 9.28. The first-order valence-corrected chi connectivity index (χ1v) is 6.81. The maximum atomic E-state index is 9.28. The van der Waals surface area contributed by atoms with Gasteiger partial charge in [-0.1, -0.05) is 6.07 Å². The molecule has 0 aliphatic heterocycles. The third-order valence-electron chi connectivity index (χ3n) is 4.00. The molecule has 0 radical (unpaired) electrons. The first-order valence-electron chi connectivity index (χ1n) is 6.81. The van der Waals surface area contributed by atoms with E-state index < -0.39 is 0 Å². The average Bonchev–Trinajstić information content (AvgIpc) is 2.37. The van der Waals surface area contributed by atoms with E-state index in [9.17, 15) is 5.11 Å². The topological polar surface area (TPSA) is 62.4 Å². The molecule has 1 saturated carbocycles. The van der Waals surface area contributed by atoms with E-state index in [1.54, 1.807) is 6.20 Å². The lowest BCUT2D eigenvalue weighted by Gasteiger charge is -2.39. The number of anilines is 2. The zero-order valence-corrected chi connectivity index (χ0v) is 10.9. The lowest BCUT2D eigenvalue weighted by molar-refractivity contribution is 0.284. The van der Waals surface area contributed by atoms with Crippen LogP contribution in [0.1, 0.15) is 19.3 Å². The van der Waals surface area contributed by atoms with Gasteiger partial charge in [-0.3, -0.25) is 4.98 Å². The molecule has 0 spiro atoms. The van der Waals surface area contributed by atoms with E-state index in [1.807, 2.05) is 18.3 Å². The molecule has 0 saturated heterocycles. The van der Waals surface area contributed by atoms with Gasteiger partial charge in [0, 0.05) is 35.8 Å². The Morgan fingerprint density at radius 2 is 2.16 bits per heavy atom. The van der Waals surface area contributed by atoms with Crippen LogP contribution >= 0.6 is 0 Å². The van der Waals surface area contributed by atoms with Crippen LogP contribution in [0.15, 0.2) is 30.6 Å². The number of nitrogens with two attached hydrogens (primary N) is 1. The molecule has 0 atom stereocenters. The number of aromatic nitrogens is 1. The molecule has 1 heterocycles. The van der Waals surface area contributed by atoms with Crippen LogP contribution in [0.25, 0.3) is 10.8 Å². The van der Waals surface area contributed by atoms with Crippen molar-refractivity contribution in [3.05, 3.63) is 30.6 Å². The van der Waals surface area contributed by atoms with Gasteiger partial charge in [-0.15, -0.1) is 0 Å². The molecule has 1 aromatic heterocycles. The van der Waals surface area contributed by atoms with E-state index in [0.717, 1.165) is 22.1 Å². The fraction of sp³-hybridized carbons (Fsp3) is 0.400. The summed E-state index contributed by atoms with van der Waals surface area (Å²) in [6.07, 6.45) is 7.24. The second kappa shape index (κ2) is 5.05. The number of hydrogen-bond acceptors (Lipinski definition) is 4. The smallest absolute Gasteiger partial charge is 0.0632 e. The van der Waals surface area contributed by atoms with Crippen molar-refractivity contribution in [1.82, 2.24) is 4.98 Å². The number of nitrogen functional groups attached to an aromatic ring is 1. The third kappa shape index (κ3) is 2.12. The first kappa shape index (κ1) is 12.2. The largest absolute Gasteiger partial charge is 0.397 e. The summed E-state index contributed by atoms with van der Waals surface area (Å²) in [5.74, 6) is 0. The molecule has 4 heteroatoms. The molecule has 0 amide bonds. The molecule has 3 N–H and O–H groups in total. The highest BCUT2D eigenvalue weighted by Gasteiger charge is 2.26. The normalized spacial score (nSPS) is 15.4. The van der Waals surface area contributed by atoms with Gasteiger partial charge < -0.3 is 15.7 Å². The zero-order valence-electron chi connectivity index (χ0n) is 10.9. The molecule has 1 aliphatic rings. The molecular weight excluding hydrogens is 238 g/mol. The van der Waals surface area contributed by atoms with E-state index in [4.69, 9.17) is 5.73 Å². The number of hydrogen-bond donors (Lipinski definition) is 2. The number of benzene rings is 1. The van der Waals surface area contributed by atoms with Crippen LogP contribution in [0.3, 0.4) is 0 Å². The minimum absolute atomic E-state index is 0.157. The van der Waals surface area contributed by atoms with Gasteiger partial charge in [0.15, 0.2) is 0 Å². The molecule has 4 nitrogen and oxygen atoms in total. The van der Waals surface area contributed by atoms with Crippen LogP contribution in [0.4, 0.5) is 11.4 Å². The summed E-state index contributed by atoms with van der Waals surface area (Å²) in [4.78, 5) is 6.37. The fourth-order valence-corrected chi connectivity index (χ4v) is 2.74. The van der Waals surface area contributed by atoms with Crippen molar-refractivity contribution in [2.24, 2.45) is 0 Å². The molecule has 0 unspecified atom stereocenters. The van der Waals surface area contributed by atoms with Crippen LogP contribution in [0.5, 0.6) is 0 Å². The summed E-state index contributed by atoms with van der Waals surface area (Å²) in [5, 5.41) is 11.4. The predicted octanol–water partition coefficient (Wildman–Crippen LogP) is 2.17. The first-order chi connectivity index (χ1) is 9.31. The third-order valence-corrected chi connectivity index (χ3v) is 4.00. The summed E-state index contributed by atoms with van der Waals surface area (Å²) in [7, 11) is 0. The Bertz CT molecular complexity index is 581. The standard InChI is InChI=1S/C15H19N3O/c16-15-13-6-7-17-10-11(13)4-5-14(15)18(8-9-19)12-2-1-3-12/h4-7,10,12,19H,1-3,8-9,16H2. The lowest BCUT2D eigenvalue weighted by Crippen LogP contribution is -2.42. The lowest BCUT2D eigenvalue weighted by atomic mass is 9.90. The Morgan fingerprint density at radius 3 is 2.84 bits per heavy atom. The molecule has 19 heavy (non-hydrogen) atoms. The van der Waals surface area contributed by atoms with Crippen LogP contribution in [-0.4, -0.2) is 29.3 Å². The van der Waals surface area contributed by atoms with E-state index in [2.05, 4.69) is 16.0 Å². The van der Waals surface area contributed by atoms with E-state index in [1.165, 1.54) is 19.3 Å². The van der Waals surface area contributed by atoms with Gasteiger partial charge in [0.1, 0.15) is 0 Å². The zero-order chi connectivity index (χ0) is 13.2. The van der Waals surface area contributed by atoms with Gasteiger partial charge in [-0.2, -0.15) is 0 Å². The minimum atomic E-state index is 0.157. The maximum Gasteiger partial charge on any atom is 0.0632 e. The molecule has 2 aromatic rings. The van der Waals surface area contributed by atoms with Crippen LogP contribution in [0.2, 0.25) is 0 Å². The highest BCUT2D eigenvalue weighted by Crippen LogP contribution is 2.36. The highest BCUT2D eigenvalue weighted by atomic mass is 16.3. The van der Waals surface area contributed by atoms with Gasteiger partial charge in [-0.25, -0.2) is 0 Å². The summed E-state index contributed by atoms with van der Waals surface area (Å²) in [6.45, 7) is 0.801. The Balaban J connectivity index is 2.04. The van der Waals surface area contributed by atoms with Crippen molar-refractivity contribution in [2.75, 3.05) is 23.8 Å². The van der Waals surface area contributed by atoms with Crippen molar-refractivity contribution < 1.29 is 5.11 Å². The van der Waals surface area contributed by atoms with Crippen LogP contribution < -0.4 is 10.6 Å². The SMILES string of the molecule is Nc1c(N(CCO)C2CCC2)ccc2cnccc12. The summed E-state index contributed by atoms with van der Waals surface area (Å²) < 4.78 is 0. The number of fused-ring (bicyclic) bond motifs is 1.